The van der Waals surface area contributed by atoms with E-state index in [1.165, 1.54) is 18.3 Å². The molecule has 1 atom stereocenters. The smallest absolute Gasteiger partial charge is 0.226 e. The zero-order valence-electron chi connectivity index (χ0n) is 12.0. The summed E-state index contributed by atoms with van der Waals surface area (Å²) < 4.78 is 32.1. The van der Waals surface area contributed by atoms with E-state index < -0.39 is 17.7 Å². The van der Waals surface area contributed by atoms with E-state index in [1.807, 2.05) is 0 Å². The maximum absolute atomic E-state index is 13.2. The molecule has 0 radical (unpaired) electrons. The van der Waals surface area contributed by atoms with Gasteiger partial charge in [0.2, 0.25) is 5.89 Å². The molecular formula is C17H13ClF2N2O. The van der Waals surface area contributed by atoms with Crippen LogP contribution in [0.1, 0.15) is 17.4 Å². The Labute approximate surface area is 136 Å². The predicted octanol–water partition coefficient (Wildman–Crippen LogP) is 4.52. The highest BCUT2D eigenvalue weighted by molar-refractivity contribution is 6.30. The molecule has 1 unspecified atom stereocenters. The summed E-state index contributed by atoms with van der Waals surface area (Å²) >= 11 is 5.84. The molecule has 6 heteroatoms. The second-order valence-electron chi connectivity index (χ2n) is 5.16. The van der Waals surface area contributed by atoms with E-state index in [0.29, 0.717) is 22.2 Å². The van der Waals surface area contributed by atoms with Gasteiger partial charge in [-0.15, -0.1) is 0 Å². The van der Waals surface area contributed by atoms with Crippen LogP contribution in [0.25, 0.3) is 11.5 Å². The van der Waals surface area contributed by atoms with Crippen LogP contribution in [0.15, 0.2) is 53.1 Å². The minimum absolute atomic E-state index is 0.240. The molecule has 0 saturated heterocycles. The van der Waals surface area contributed by atoms with Crippen molar-refractivity contribution in [1.82, 2.24) is 4.98 Å². The first-order valence-electron chi connectivity index (χ1n) is 6.93. The number of rotatable bonds is 4. The van der Waals surface area contributed by atoms with Gasteiger partial charge in [0.25, 0.3) is 0 Å². The van der Waals surface area contributed by atoms with Crippen LogP contribution >= 0.6 is 11.6 Å². The maximum Gasteiger partial charge on any atom is 0.226 e. The lowest BCUT2D eigenvalue weighted by Crippen LogP contribution is -2.12. The number of oxazole rings is 1. The Balaban J connectivity index is 1.78. The number of hydrogen-bond donors (Lipinski definition) is 1. The van der Waals surface area contributed by atoms with Gasteiger partial charge in [0.05, 0.1) is 12.2 Å². The number of hydrogen-bond acceptors (Lipinski definition) is 3. The van der Waals surface area contributed by atoms with E-state index in [0.717, 1.165) is 11.6 Å². The number of benzene rings is 2. The van der Waals surface area contributed by atoms with Gasteiger partial charge in [-0.2, -0.15) is 0 Å². The normalized spacial score (nSPS) is 12.3. The van der Waals surface area contributed by atoms with Gasteiger partial charge in [-0.3, -0.25) is 0 Å². The molecule has 2 N–H and O–H groups in total. The molecule has 1 aromatic heterocycles. The Kier molecular flexibility index (Phi) is 4.41. The lowest BCUT2D eigenvalue weighted by molar-refractivity contribution is 0.471. The minimum Gasteiger partial charge on any atom is -0.440 e. The highest BCUT2D eigenvalue weighted by Crippen LogP contribution is 2.25. The number of nitrogens with zero attached hydrogens (tertiary/aromatic N) is 1. The highest BCUT2D eigenvalue weighted by atomic mass is 35.5. The summed E-state index contributed by atoms with van der Waals surface area (Å²) in [7, 11) is 0. The van der Waals surface area contributed by atoms with E-state index in [9.17, 15) is 8.78 Å². The predicted molar refractivity (Wildman–Crippen MR) is 83.9 cm³/mol. The molecule has 0 aliphatic rings. The molecule has 1 heterocycles. The van der Waals surface area contributed by atoms with Crippen molar-refractivity contribution in [3.63, 3.8) is 0 Å². The molecular weight excluding hydrogens is 322 g/mol. The molecule has 3 rings (SSSR count). The first kappa shape index (κ1) is 15.6. The molecule has 23 heavy (non-hydrogen) atoms. The van der Waals surface area contributed by atoms with Gasteiger partial charge in [-0.05, 0) is 48.4 Å². The molecule has 3 aromatic rings. The maximum atomic E-state index is 13.2. The summed E-state index contributed by atoms with van der Waals surface area (Å²) in [6.07, 6.45) is 1.76. The molecule has 3 nitrogen and oxygen atoms in total. The summed E-state index contributed by atoms with van der Waals surface area (Å²) in [6.45, 7) is 0. The third-order valence-corrected chi connectivity index (χ3v) is 3.61. The van der Waals surface area contributed by atoms with Crippen LogP contribution in [0, 0.1) is 11.6 Å². The first-order chi connectivity index (χ1) is 11.0. The third-order valence-electron chi connectivity index (χ3n) is 3.36. The summed E-state index contributed by atoms with van der Waals surface area (Å²) in [5.74, 6) is -0.407. The molecule has 0 spiro atoms. The van der Waals surface area contributed by atoms with Gasteiger partial charge >= 0.3 is 0 Å². The van der Waals surface area contributed by atoms with Crippen molar-refractivity contribution < 1.29 is 13.2 Å². The molecule has 0 fully saturated rings. The molecule has 2 aromatic carbocycles. The Morgan fingerprint density at radius 3 is 2.39 bits per heavy atom. The number of halogens is 3. The van der Waals surface area contributed by atoms with Gasteiger partial charge in [-0.1, -0.05) is 11.6 Å². The van der Waals surface area contributed by atoms with Gasteiger partial charge < -0.3 is 10.2 Å². The van der Waals surface area contributed by atoms with Crippen LogP contribution < -0.4 is 5.73 Å². The summed E-state index contributed by atoms with van der Waals surface area (Å²) in [5, 5.41) is 0.616. The van der Waals surface area contributed by atoms with Crippen LogP contribution in [0.4, 0.5) is 8.78 Å². The van der Waals surface area contributed by atoms with Gasteiger partial charge in [0.1, 0.15) is 17.4 Å². The second-order valence-corrected chi connectivity index (χ2v) is 5.60. The van der Waals surface area contributed by atoms with Crippen molar-refractivity contribution in [3.05, 3.63) is 76.6 Å². The number of aromatic nitrogens is 1. The van der Waals surface area contributed by atoms with Crippen molar-refractivity contribution in [1.29, 1.82) is 0 Å². The largest absolute Gasteiger partial charge is 0.440 e. The van der Waals surface area contributed by atoms with Crippen molar-refractivity contribution in [2.45, 2.75) is 12.5 Å². The average Bonchev–Trinajstić information content (AvgIpc) is 2.97. The first-order valence-corrected chi connectivity index (χ1v) is 7.31. The van der Waals surface area contributed by atoms with E-state index in [1.54, 1.807) is 24.3 Å². The summed E-state index contributed by atoms with van der Waals surface area (Å²) in [5.41, 5.74) is 7.27. The molecule has 118 valence electrons. The fourth-order valence-electron chi connectivity index (χ4n) is 2.27. The Bertz CT molecular complexity index is 797. The minimum atomic E-state index is -0.633. The quantitative estimate of drug-likeness (QED) is 0.763. The standard InChI is InChI=1S/C17H13ClF2N2O/c18-12-3-1-11(2-4-12)17-22-9-16(23-17)15(21)7-10-5-13(19)8-14(20)6-10/h1-6,8-9,15H,7,21H2. The average molecular weight is 335 g/mol. The SMILES string of the molecule is NC(Cc1cc(F)cc(F)c1)c1cnc(-c2ccc(Cl)cc2)o1. The third kappa shape index (κ3) is 3.75. The fourth-order valence-corrected chi connectivity index (χ4v) is 2.39. The fraction of sp³-hybridized carbons (Fsp3) is 0.118. The van der Waals surface area contributed by atoms with Gasteiger partial charge in [0.15, 0.2) is 0 Å². The Morgan fingerprint density at radius 1 is 1.09 bits per heavy atom. The lowest BCUT2D eigenvalue weighted by Gasteiger charge is -2.08. The second kappa shape index (κ2) is 6.48. The summed E-state index contributed by atoms with van der Waals surface area (Å²) in [6, 6.07) is 9.80. The Hall–Kier alpha value is -2.24. The summed E-state index contributed by atoms with van der Waals surface area (Å²) in [4.78, 5) is 4.18. The van der Waals surface area contributed by atoms with E-state index in [4.69, 9.17) is 21.8 Å². The van der Waals surface area contributed by atoms with E-state index in [2.05, 4.69) is 4.98 Å². The van der Waals surface area contributed by atoms with Crippen LogP contribution in [-0.4, -0.2) is 4.98 Å². The van der Waals surface area contributed by atoms with Crippen LogP contribution in [0.5, 0.6) is 0 Å². The molecule has 0 aliphatic heterocycles. The van der Waals surface area contributed by atoms with Crippen LogP contribution in [0.3, 0.4) is 0 Å². The topological polar surface area (TPSA) is 52.0 Å². The van der Waals surface area contributed by atoms with Gasteiger partial charge in [0, 0.05) is 16.7 Å². The van der Waals surface area contributed by atoms with Crippen LogP contribution in [0.2, 0.25) is 5.02 Å². The van der Waals surface area contributed by atoms with E-state index in [-0.39, 0.29) is 6.42 Å². The van der Waals surface area contributed by atoms with E-state index >= 15 is 0 Å². The molecule has 0 saturated carbocycles. The van der Waals surface area contributed by atoms with Crippen LogP contribution in [-0.2, 0) is 6.42 Å². The Morgan fingerprint density at radius 2 is 1.74 bits per heavy atom. The van der Waals surface area contributed by atoms with Gasteiger partial charge in [-0.25, -0.2) is 13.8 Å². The number of nitrogens with two attached hydrogens (primary N) is 1. The van der Waals surface area contributed by atoms with Crippen molar-refractivity contribution in [2.75, 3.05) is 0 Å². The zero-order chi connectivity index (χ0) is 16.4. The lowest BCUT2D eigenvalue weighted by atomic mass is 10.0. The van der Waals surface area contributed by atoms with Crippen molar-refractivity contribution >= 4 is 11.6 Å². The van der Waals surface area contributed by atoms with Crippen molar-refractivity contribution in [3.8, 4) is 11.5 Å². The molecule has 0 amide bonds. The molecule has 0 bridgehead atoms. The molecule has 0 aliphatic carbocycles. The highest BCUT2D eigenvalue weighted by Gasteiger charge is 2.15. The zero-order valence-corrected chi connectivity index (χ0v) is 12.7. The monoisotopic (exact) mass is 334 g/mol. The van der Waals surface area contributed by atoms with Crippen molar-refractivity contribution in [2.24, 2.45) is 5.73 Å².